The first kappa shape index (κ1) is 13.6. The van der Waals surface area contributed by atoms with Crippen LogP contribution in [0.4, 0.5) is 0 Å². The Morgan fingerprint density at radius 2 is 2.22 bits per heavy atom. The van der Waals surface area contributed by atoms with Crippen LogP contribution in [-0.2, 0) is 6.54 Å². The van der Waals surface area contributed by atoms with Gasteiger partial charge < -0.3 is 5.32 Å². The van der Waals surface area contributed by atoms with E-state index in [4.69, 9.17) is 0 Å². The summed E-state index contributed by atoms with van der Waals surface area (Å²) in [5.74, 6) is 0. The number of hydrogen-bond acceptors (Lipinski definition) is 2. The van der Waals surface area contributed by atoms with Gasteiger partial charge in [0.15, 0.2) is 0 Å². The Bertz CT molecular complexity index is 392. The van der Waals surface area contributed by atoms with Crippen LogP contribution in [-0.4, -0.2) is 22.4 Å². The van der Waals surface area contributed by atoms with Crippen molar-refractivity contribution in [2.75, 3.05) is 6.54 Å². The van der Waals surface area contributed by atoms with Crippen molar-refractivity contribution in [1.29, 1.82) is 0 Å². The van der Waals surface area contributed by atoms with Gasteiger partial charge in [0, 0.05) is 18.3 Å². The van der Waals surface area contributed by atoms with Crippen molar-refractivity contribution < 1.29 is 0 Å². The molecule has 1 N–H and O–H groups in total. The number of aromatic nitrogens is 2. The van der Waals surface area contributed by atoms with Crippen molar-refractivity contribution in [2.45, 2.75) is 66.0 Å². The fraction of sp³-hybridized carbons (Fsp3) is 0.800. The first-order chi connectivity index (χ1) is 8.49. The topological polar surface area (TPSA) is 29.9 Å². The molecular weight excluding hydrogens is 222 g/mol. The molecule has 1 unspecified atom stereocenters. The average molecular weight is 249 g/mol. The molecule has 1 atom stereocenters. The minimum atomic E-state index is 0.484. The summed E-state index contributed by atoms with van der Waals surface area (Å²) < 4.78 is 2.12. The monoisotopic (exact) mass is 249 g/mol. The molecule has 0 spiro atoms. The summed E-state index contributed by atoms with van der Waals surface area (Å²) in [4.78, 5) is 0. The number of aryl methyl sites for hydroxylation is 3. The summed E-state index contributed by atoms with van der Waals surface area (Å²) in [6, 6.07) is 2.85. The second kappa shape index (κ2) is 5.43. The molecular formula is C15H27N3. The molecule has 1 saturated carbocycles. The van der Waals surface area contributed by atoms with Gasteiger partial charge in [-0.2, -0.15) is 5.10 Å². The van der Waals surface area contributed by atoms with Crippen LogP contribution in [0.15, 0.2) is 6.07 Å². The van der Waals surface area contributed by atoms with Gasteiger partial charge in [0.05, 0.1) is 5.69 Å². The molecule has 1 fully saturated rings. The van der Waals surface area contributed by atoms with Crippen LogP contribution in [0.5, 0.6) is 0 Å². The maximum atomic E-state index is 4.50. The van der Waals surface area contributed by atoms with Gasteiger partial charge in [-0.15, -0.1) is 0 Å². The summed E-state index contributed by atoms with van der Waals surface area (Å²) in [6.45, 7) is 11.1. The van der Waals surface area contributed by atoms with Crippen molar-refractivity contribution in [3.8, 4) is 0 Å². The summed E-state index contributed by atoms with van der Waals surface area (Å²) >= 11 is 0. The standard InChI is InChI=1S/C15H27N3/c1-12-11-13(2)18(17-12)10-6-9-16-14-7-5-8-15(14,3)4/h11,14,16H,5-10H2,1-4H3. The molecule has 18 heavy (non-hydrogen) atoms. The van der Waals surface area contributed by atoms with Crippen LogP contribution in [0, 0.1) is 19.3 Å². The molecule has 0 saturated heterocycles. The number of nitrogens with zero attached hydrogens (tertiary/aromatic N) is 2. The van der Waals surface area contributed by atoms with Gasteiger partial charge in [0.1, 0.15) is 0 Å². The van der Waals surface area contributed by atoms with Crippen molar-refractivity contribution in [2.24, 2.45) is 5.41 Å². The third-order valence-electron chi connectivity index (χ3n) is 4.30. The predicted octanol–water partition coefficient (Wildman–Crippen LogP) is 3.06. The summed E-state index contributed by atoms with van der Waals surface area (Å²) in [7, 11) is 0. The van der Waals surface area contributed by atoms with Gasteiger partial charge in [-0.3, -0.25) is 4.68 Å². The van der Waals surface area contributed by atoms with Gasteiger partial charge in [-0.05, 0) is 51.1 Å². The lowest BCUT2D eigenvalue weighted by Crippen LogP contribution is -2.38. The lowest BCUT2D eigenvalue weighted by Gasteiger charge is -2.28. The fourth-order valence-electron chi connectivity index (χ4n) is 3.11. The molecule has 2 rings (SSSR count). The minimum absolute atomic E-state index is 0.484. The molecule has 1 aliphatic carbocycles. The Morgan fingerprint density at radius 1 is 1.44 bits per heavy atom. The molecule has 0 amide bonds. The van der Waals surface area contributed by atoms with E-state index < -0.39 is 0 Å². The zero-order valence-corrected chi connectivity index (χ0v) is 12.3. The van der Waals surface area contributed by atoms with E-state index in [-0.39, 0.29) is 0 Å². The lowest BCUT2D eigenvalue weighted by atomic mass is 9.87. The largest absolute Gasteiger partial charge is 0.313 e. The molecule has 102 valence electrons. The van der Waals surface area contributed by atoms with E-state index in [9.17, 15) is 0 Å². The van der Waals surface area contributed by atoms with Crippen molar-refractivity contribution in [1.82, 2.24) is 15.1 Å². The normalized spacial score (nSPS) is 22.6. The molecule has 3 nitrogen and oxygen atoms in total. The number of nitrogens with one attached hydrogen (secondary N) is 1. The van der Waals surface area contributed by atoms with Crippen LogP contribution in [0.1, 0.15) is 50.9 Å². The quantitative estimate of drug-likeness (QED) is 0.813. The van der Waals surface area contributed by atoms with E-state index in [1.165, 1.54) is 25.0 Å². The third kappa shape index (κ3) is 3.14. The number of rotatable bonds is 5. The van der Waals surface area contributed by atoms with Crippen molar-refractivity contribution >= 4 is 0 Å². The Morgan fingerprint density at radius 3 is 2.78 bits per heavy atom. The van der Waals surface area contributed by atoms with E-state index >= 15 is 0 Å². The Balaban J connectivity index is 1.72. The predicted molar refractivity (Wildman–Crippen MR) is 75.7 cm³/mol. The first-order valence-electron chi connectivity index (χ1n) is 7.23. The van der Waals surface area contributed by atoms with Crippen LogP contribution < -0.4 is 5.32 Å². The highest BCUT2D eigenvalue weighted by Gasteiger charge is 2.33. The SMILES string of the molecule is Cc1cc(C)n(CCCNC2CCCC2(C)C)n1. The fourth-order valence-corrected chi connectivity index (χ4v) is 3.11. The van der Waals surface area contributed by atoms with Crippen LogP contribution in [0.3, 0.4) is 0 Å². The summed E-state index contributed by atoms with van der Waals surface area (Å²) in [6.07, 6.45) is 5.24. The molecule has 1 aromatic rings. The lowest BCUT2D eigenvalue weighted by molar-refractivity contribution is 0.281. The van der Waals surface area contributed by atoms with Crippen LogP contribution in [0.2, 0.25) is 0 Å². The zero-order chi connectivity index (χ0) is 13.2. The van der Waals surface area contributed by atoms with Gasteiger partial charge >= 0.3 is 0 Å². The highest BCUT2D eigenvalue weighted by molar-refractivity contribution is 5.06. The zero-order valence-electron chi connectivity index (χ0n) is 12.3. The maximum absolute atomic E-state index is 4.50. The van der Waals surface area contributed by atoms with Gasteiger partial charge in [0.2, 0.25) is 0 Å². The Labute approximate surface area is 111 Å². The Kier molecular flexibility index (Phi) is 4.10. The van der Waals surface area contributed by atoms with Gasteiger partial charge in [-0.25, -0.2) is 0 Å². The molecule has 1 aliphatic rings. The van der Waals surface area contributed by atoms with Gasteiger partial charge in [-0.1, -0.05) is 20.3 Å². The van der Waals surface area contributed by atoms with Crippen molar-refractivity contribution in [3.63, 3.8) is 0 Å². The van der Waals surface area contributed by atoms with E-state index in [0.717, 1.165) is 25.2 Å². The Hall–Kier alpha value is -0.830. The smallest absolute Gasteiger partial charge is 0.0596 e. The molecule has 0 aromatic carbocycles. The van der Waals surface area contributed by atoms with Gasteiger partial charge in [0.25, 0.3) is 0 Å². The second-order valence-electron chi connectivity index (χ2n) is 6.39. The van der Waals surface area contributed by atoms with Crippen molar-refractivity contribution in [3.05, 3.63) is 17.5 Å². The molecule has 3 heteroatoms. The third-order valence-corrected chi connectivity index (χ3v) is 4.30. The molecule has 0 aliphatic heterocycles. The van der Waals surface area contributed by atoms with E-state index in [2.05, 4.69) is 48.9 Å². The van der Waals surface area contributed by atoms with Crippen LogP contribution in [0.25, 0.3) is 0 Å². The van der Waals surface area contributed by atoms with E-state index in [1.54, 1.807) is 0 Å². The highest BCUT2D eigenvalue weighted by Crippen LogP contribution is 2.36. The second-order valence-corrected chi connectivity index (χ2v) is 6.39. The first-order valence-corrected chi connectivity index (χ1v) is 7.23. The summed E-state index contributed by atoms with van der Waals surface area (Å²) in [5.41, 5.74) is 2.88. The molecule has 1 aromatic heterocycles. The van der Waals surface area contributed by atoms with E-state index in [1.807, 2.05) is 0 Å². The molecule has 1 heterocycles. The van der Waals surface area contributed by atoms with Crippen LogP contribution >= 0.6 is 0 Å². The molecule has 0 bridgehead atoms. The summed E-state index contributed by atoms with van der Waals surface area (Å²) in [5, 5.41) is 8.22. The minimum Gasteiger partial charge on any atom is -0.313 e. The number of hydrogen-bond donors (Lipinski definition) is 1. The maximum Gasteiger partial charge on any atom is 0.0596 e. The van der Waals surface area contributed by atoms with E-state index in [0.29, 0.717) is 11.5 Å². The molecule has 0 radical (unpaired) electrons. The highest BCUT2D eigenvalue weighted by atomic mass is 15.3. The average Bonchev–Trinajstić information content (AvgIpc) is 2.77.